The zero-order valence-electron chi connectivity index (χ0n) is 11.6. The van der Waals surface area contributed by atoms with Crippen LogP contribution in [0.1, 0.15) is 54.7 Å². The molecular formula is C16H20N4. The Balaban J connectivity index is 1.54. The van der Waals surface area contributed by atoms with Crippen LogP contribution >= 0.6 is 0 Å². The van der Waals surface area contributed by atoms with Crippen LogP contribution < -0.4 is 5.32 Å². The second-order valence-electron chi connectivity index (χ2n) is 6.00. The molecule has 2 aliphatic rings. The van der Waals surface area contributed by atoms with Crippen molar-refractivity contribution in [2.24, 2.45) is 0 Å². The summed E-state index contributed by atoms with van der Waals surface area (Å²) in [7, 11) is 0. The van der Waals surface area contributed by atoms with E-state index in [2.05, 4.69) is 39.8 Å². The zero-order chi connectivity index (χ0) is 13.4. The van der Waals surface area contributed by atoms with E-state index in [4.69, 9.17) is 4.98 Å². The van der Waals surface area contributed by atoms with Gasteiger partial charge < -0.3 is 5.32 Å². The summed E-state index contributed by atoms with van der Waals surface area (Å²) in [6, 6.07) is 8.52. The van der Waals surface area contributed by atoms with Gasteiger partial charge in [-0.2, -0.15) is 5.10 Å². The Kier molecular flexibility index (Phi) is 2.94. The molecule has 4 rings (SSSR count). The summed E-state index contributed by atoms with van der Waals surface area (Å²) in [5, 5.41) is 11.2. The van der Waals surface area contributed by atoms with Crippen molar-refractivity contribution in [3.05, 3.63) is 41.5 Å². The third kappa shape index (κ3) is 2.09. The van der Waals surface area contributed by atoms with E-state index in [9.17, 15) is 0 Å². The van der Waals surface area contributed by atoms with Gasteiger partial charge in [0.1, 0.15) is 5.82 Å². The van der Waals surface area contributed by atoms with Crippen molar-refractivity contribution in [3.8, 4) is 0 Å². The molecule has 1 fully saturated rings. The van der Waals surface area contributed by atoms with E-state index in [1.807, 2.05) is 0 Å². The van der Waals surface area contributed by atoms with Crippen molar-refractivity contribution in [2.75, 3.05) is 11.9 Å². The highest BCUT2D eigenvalue weighted by atomic mass is 15.2. The van der Waals surface area contributed by atoms with Gasteiger partial charge >= 0.3 is 0 Å². The Labute approximate surface area is 119 Å². The largest absolute Gasteiger partial charge is 0.384 e. The first kappa shape index (κ1) is 11.9. The molecular weight excluding hydrogens is 248 g/mol. The number of aromatic amines is 1. The van der Waals surface area contributed by atoms with Gasteiger partial charge in [-0.15, -0.1) is 0 Å². The maximum Gasteiger partial charge on any atom is 0.155 e. The Morgan fingerprint density at radius 2 is 1.90 bits per heavy atom. The quantitative estimate of drug-likeness (QED) is 0.879. The summed E-state index contributed by atoms with van der Waals surface area (Å²) in [5.74, 6) is 3.08. The van der Waals surface area contributed by atoms with Gasteiger partial charge in [0, 0.05) is 24.1 Å². The number of nitrogens with one attached hydrogen (secondary N) is 2. The topological polar surface area (TPSA) is 53.6 Å². The number of aromatic nitrogens is 3. The molecule has 4 heteroatoms. The minimum Gasteiger partial charge on any atom is -0.384 e. The predicted molar refractivity (Wildman–Crippen MR) is 79.0 cm³/mol. The van der Waals surface area contributed by atoms with Crippen molar-refractivity contribution in [1.29, 1.82) is 0 Å². The Morgan fingerprint density at radius 1 is 1.05 bits per heavy atom. The first-order valence-electron chi connectivity index (χ1n) is 7.64. The van der Waals surface area contributed by atoms with Crippen molar-refractivity contribution < 1.29 is 0 Å². The number of benzene rings is 1. The van der Waals surface area contributed by atoms with Crippen LogP contribution in [0.2, 0.25) is 0 Å². The average molecular weight is 268 g/mol. The lowest BCUT2D eigenvalue weighted by atomic mass is 9.93. The summed E-state index contributed by atoms with van der Waals surface area (Å²) in [5.41, 5.74) is 2.63. The fourth-order valence-electron chi connectivity index (χ4n) is 3.48. The molecule has 104 valence electrons. The number of anilines is 1. The van der Waals surface area contributed by atoms with E-state index in [1.165, 1.54) is 36.9 Å². The maximum atomic E-state index is 4.78. The number of para-hydroxylation sites is 1. The molecule has 4 nitrogen and oxygen atoms in total. The summed E-state index contributed by atoms with van der Waals surface area (Å²) < 4.78 is 0. The standard InChI is InChI=1S/C16H20N4/c1-2-6-11(5-1)15-18-16(20-19-15)13-9-12-7-3-4-8-14(12)17-10-13/h3-4,7-8,11,13,17H,1-2,5-6,9-10H2,(H,18,19,20). The predicted octanol–water partition coefficient (Wildman–Crippen LogP) is 3.21. The van der Waals surface area contributed by atoms with Crippen LogP contribution in [0.15, 0.2) is 24.3 Å². The molecule has 2 heterocycles. The molecule has 2 N–H and O–H groups in total. The number of H-pyrrole nitrogens is 1. The Hall–Kier alpha value is -1.84. The smallest absolute Gasteiger partial charge is 0.155 e. The molecule has 1 aromatic carbocycles. The van der Waals surface area contributed by atoms with Gasteiger partial charge in [-0.1, -0.05) is 31.0 Å². The van der Waals surface area contributed by atoms with Crippen LogP contribution in [-0.2, 0) is 6.42 Å². The maximum absolute atomic E-state index is 4.78. The lowest BCUT2D eigenvalue weighted by Gasteiger charge is -2.24. The number of nitrogens with zero attached hydrogens (tertiary/aromatic N) is 2. The van der Waals surface area contributed by atoms with Crippen LogP contribution in [0.4, 0.5) is 5.69 Å². The fourth-order valence-corrected chi connectivity index (χ4v) is 3.48. The molecule has 2 aromatic rings. The lowest BCUT2D eigenvalue weighted by Crippen LogP contribution is -2.22. The molecule has 20 heavy (non-hydrogen) atoms. The van der Waals surface area contributed by atoms with E-state index >= 15 is 0 Å². The van der Waals surface area contributed by atoms with E-state index in [0.29, 0.717) is 11.8 Å². The minimum absolute atomic E-state index is 0.385. The van der Waals surface area contributed by atoms with Gasteiger partial charge in [0.25, 0.3) is 0 Å². The average Bonchev–Trinajstić information content (AvgIpc) is 3.17. The monoisotopic (exact) mass is 268 g/mol. The first-order valence-corrected chi connectivity index (χ1v) is 7.64. The summed E-state index contributed by atoms with van der Waals surface area (Å²) in [6.07, 6.45) is 6.23. The van der Waals surface area contributed by atoms with Gasteiger partial charge in [-0.05, 0) is 30.9 Å². The van der Waals surface area contributed by atoms with Crippen molar-refractivity contribution >= 4 is 5.69 Å². The molecule has 0 spiro atoms. The van der Waals surface area contributed by atoms with Crippen LogP contribution in [0, 0.1) is 0 Å². The van der Waals surface area contributed by atoms with E-state index < -0.39 is 0 Å². The second-order valence-corrected chi connectivity index (χ2v) is 6.00. The van der Waals surface area contributed by atoms with E-state index in [1.54, 1.807) is 0 Å². The number of fused-ring (bicyclic) bond motifs is 1. The van der Waals surface area contributed by atoms with Gasteiger partial charge in [0.2, 0.25) is 0 Å². The fraction of sp³-hybridized carbons (Fsp3) is 0.500. The third-order valence-electron chi connectivity index (χ3n) is 4.65. The van der Waals surface area contributed by atoms with E-state index in [0.717, 1.165) is 24.6 Å². The summed E-state index contributed by atoms with van der Waals surface area (Å²) in [6.45, 7) is 0.930. The Morgan fingerprint density at radius 3 is 2.80 bits per heavy atom. The highest BCUT2D eigenvalue weighted by molar-refractivity contribution is 5.53. The van der Waals surface area contributed by atoms with Gasteiger partial charge in [0.15, 0.2) is 5.82 Å². The first-order chi connectivity index (χ1) is 9.90. The molecule has 0 radical (unpaired) electrons. The van der Waals surface area contributed by atoms with Crippen molar-refractivity contribution in [2.45, 2.75) is 43.9 Å². The highest BCUT2D eigenvalue weighted by Gasteiger charge is 2.25. The molecule has 1 aliphatic carbocycles. The van der Waals surface area contributed by atoms with Gasteiger partial charge in [0.05, 0.1) is 0 Å². The minimum atomic E-state index is 0.385. The third-order valence-corrected chi connectivity index (χ3v) is 4.65. The molecule has 1 aromatic heterocycles. The zero-order valence-corrected chi connectivity index (χ0v) is 11.6. The van der Waals surface area contributed by atoms with E-state index in [-0.39, 0.29) is 0 Å². The van der Waals surface area contributed by atoms with Crippen LogP contribution in [0.25, 0.3) is 0 Å². The molecule has 0 bridgehead atoms. The van der Waals surface area contributed by atoms with Gasteiger partial charge in [-0.3, -0.25) is 5.10 Å². The number of rotatable bonds is 2. The molecule has 1 atom stereocenters. The molecule has 1 unspecified atom stereocenters. The highest BCUT2D eigenvalue weighted by Crippen LogP contribution is 2.33. The van der Waals surface area contributed by atoms with Crippen molar-refractivity contribution in [1.82, 2.24) is 15.2 Å². The van der Waals surface area contributed by atoms with Crippen LogP contribution in [-0.4, -0.2) is 21.7 Å². The Bertz CT molecular complexity index is 598. The molecule has 0 saturated heterocycles. The normalized spacial score (nSPS) is 22.5. The molecule has 1 saturated carbocycles. The number of hydrogen-bond donors (Lipinski definition) is 2. The SMILES string of the molecule is c1ccc2c(c1)CC(c1n[nH]c(C3CCCC3)n1)CN2. The lowest BCUT2D eigenvalue weighted by molar-refractivity contribution is 0.645. The molecule has 1 aliphatic heterocycles. The van der Waals surface area contributed by atoms with Gasteiger partial charge in [-0.25, -0.2) is 4.98 Å². The summed E-state index contributed by atoms with van der Waals surface area (Å²) >= 11 is 0. The molecule has 0 amide bonds. The summed E-state index contributed by atoms with van der Waals surface area (Å²) in [4.78, 5) is 4.78. The van der Waals surface area contributed by atoms with Crippen molar-refractivity contribution in [3.63, 3.8) is 0 Å². The number of hydrogen-bond acceptors (Lipinski definition) is 3. The van der Waals surface area contributed by atoms with Crippen LogP contribution in [0.3, 0.4) is 0 Å². The van der Waals surface area contributed by atoms with Crippen LogP contribution in [0.5, 0.6) is 0 Å². The second kappa shape index (κ2) is 4.93.